The highest BCUT2D eigenvalue weighted by Gasteiger charge is 2.44. The first-order valence-electron chi connectivity index (χ1n) is 6.59. The second-order valence-electron chi connectivity index (χ2n) is 4.55. The minimum absolute atomic E-state index is 0.0377. The Morgan fingerprint density at radius 2 is 1.67 bits per heavy atom. The quantitative estimate of drug-likeness (QED) is 0.520. The summed E-state index contributed by atoms with van der Waals surface area (Å²) in [6, 6.07) is -1.69. The van der Waals surface area contributed by atoms with E-state index in [0.29, 0.717) is 11.3 Å². The van der Waals surface area contributed by atoms with Crippen LogP contribution in [0.4, 0.5) is 9.59 Å². The van der Waals surface area contributed by atoms with Crippen molar-refractivity contribution in [1.82, 2.24) is 20.4 Å². The van der Waals surface area contributed by atoms with Gasteiger partial charge in [0, 0.05) is 12.6 Å². The maximum absolute atomic E-state index is 11.7. The smallest absolute Gasteiger partial charge is 0.334 e. The molecule has 2 N–H and O–H groups in total. The number of hydrogen-bond acceptors (Lipinski definition) is 5. The Labute approximate surface area is 121 Å². The normalized spacial score (nSPS) is 16.2. The average molecular weight is 298 g/mol. The van der Waals surface area contributed by atoms with Crippen LogP contribution in [-0.4, -0.2) is 58.7 Å². The molecule has 9 nitrogen and oxygen atoms in total. The lowest BCUT2D eigenvalue weighted by atomic mass is 10.3. The number of nitrogens with zero attached hydrogens (tertiary/aromatic N) is 2. The van der Waals surface area contributed by atoms with Gasteiger partial charge in [-0.25, -0.2) is 14.5 Å². The molecule has 0 aromatic carbocycles. The van der Waals surface area contributed by atoms with Gasteiger partial charge in [-0.2, -0.15) is 0 Å². The largest absolute Gasteiger partial charge is 0.335 e. The van der Waals surface area contributed by atoms with E-state index in [0.717, 1.165) is 4.90 Å². The molecule has 1 atom stereocenters. The van der Waals surface area contributed by atoms with E-state index in [9.17, 15) is 24.0 Å². The lowest BCUT2D eigenvalue weighted by Gasteiger charge is -2.15. The molecule has 7 amide bonds. The van der Waals surface area contributed by atoms with Crippen LogP contribution in [0.25, 0.3) is 0 Å². The van der Waals surface area contributed by atoms with Gasteiger partial charge in [-0.3, -0.25) is 24.6 Å². The van der Waals surface area contributed by atoms with Gasteiger partial charge < -0.3 is 5.32 Å². The monoisotopic (exact) mass is 298 g/mol. The van der Waals surface area contributed by atoms with Crippen LogP contribution in [0.1, 0.15) is 27.2 Å². The molecule has 9 heteroatoms. The third-order valence-corrected chi connectivity index (χ3v) is 3.00. The summed E-state index contributed by atoms with van der Waals surface area (Å²) < 4.78 is 0. The van der Waals surface area contributed by atoms with Crippen molar-refractivity contribution in [3.05, 3.63) is 0 Å². The number of nitrogens with one attached hydrogen (secondary N) is 2. The highest BCUT2D eigenvalue weighted by molar-refractivity contribution is 6.45. The molecule has 1 aliphatic heterocycles. The minimum atomic E-state index is -1.07. The molecule has 1 aliphatic rings. The minimum Gasteiger partial charge on any atom is -0.335 e. The number of amides is 7. The Morgan fingerprint density at radius 1 is 1.10 bits per heavy atom. The molecule has 0 aliphatic carbocycles. The molecule has 0 aromatic heterocycles. The fourth-order valence-electron chi connectivity index (χ4n) is 1.64. The second-order valence-corrected chi connectivity index (χ2v) is 4.55. The first-order valence-corrected chi connectivity index (χ1v) is 6.59. The van der Waals surface area contributed by atoms with Gasteiger partial charge in [0.25, 0.3) is 0 Å². The van der Waals surface area contributed by atoms with Crippen LogP contribution in [0.2, 0.25) is 0 Å². The van der Waals surface area contributed by atoms with Crippen LogP contribution in [0.15, 0.2) is 0 Å². The first-order chi connectivity index (χ1) is 9.81. The number of carbonyl (C=O) groups is 5. The van der Waals surface area contributed by atoms with Gasteiger partial charge >= 0.3 is 23.9 Å². The van der Waals surface area contributed by atoms with Crippen LogP contribution in [0, 0.1) is 0 Å². The van der Waals surface area contributed by atoms with E-state index in [-0.39, 0.29) is 12.6 Å². The maximum atomic E-state index is 11.7. The van der Waals surface area contributed by atoms with Crippen molar-refractivity contribution in [1.29, 1.82) is 0 Å². The molecule has 0 saturated carbocycles. The second kappa shape index (κ2) is 6.82. The molecular weight excluding hydrogens is 280 g/mol. The van der Waals surface area contributed by atoms with Gasteiger partial charge in [0.15, 0.2) is 0 Å². The van der Waals surface area contributed by atoms with Gasteiger partial charge in [-0.15, -0.1) is 0 Å². The van der Waals surface area contributed by atoms with Crippen molar-refractivity contribution in [3.8, 4) is 0 Å². The van der Waals surface area contributed by atoms with Gasteiger partial charge in [-0.1, -0.05) is 6.92 Å². The number of hydrogen-bond donors (Lipinski definition) is 2. The Morgan fingerprint density at radius 3 is 2.14 bits per heavy atom. The van der Waals surface area contributed by atoms with E-state index in [4.69, 9.17) is 0 Å². The van der Waals surface area contributed by atoms with E-state index < -0.39 is 36.3 Å². The molecule has 1 fully saturated rings. The van der Waals surface area contributed by atoms with Crippen molar-refractivity contribution >= 4 is 29.8 Å². The molecule has 0 aromatic rings. The van der Waals surface area contributed by atoms with Crippen LogP contribution >= 0.6 is 0 Å². The molecule has 1 saturated heterocycles. The molecule has 1 rings (SSSR count). The van der Waals surface area contributed by atoms with Crippen LogP contribution < -0.4 is 10.6 Å². The SMILES string of the molecule is CC[C@H](C)NC(=O)NC(=O)CN1C(=O)C(=O)N(CC)C1=O. The Balaban J connectivity index is 2.59. The Bertz CT molecular complexity index is 490. The van der Waals surface area contributed by atoms with E-state index in [1.807, 2.05) is 12.2 Å². The summed E-state index contributed by atoms with van der Waals surface area (Å²) in [7, 11) is 0. The lowest BCUT2D eigenvalue weighted by Crippen LogP contribution is -2.48. The van der Waals surface area contributed by atoms with Crippen LogP contribution in [0.3, 0.4) is 0 Å². The van der Waals surface area contributed by atoms with Crippen LogP contribution in [0.5, 0.6) is 0 Å². The summed E-state index contributed by atoms with van der Waals surface area (Å²) in [5, 5.41) is 4.50. The molecule has 0 radical (unpaired) electrons. The number of imide groups is 3. The topological polar surface area (TPSA) is 116 Å². The summed E-state index contributed by atoms with van der Waals surface area (Å²) >= 11 is 0. The number of urea groups is 2. The van der Waals surface area contributed by atoms with Crippen molar-refractivity contribution in [2.24, 2.45) is 0 Å². The number of rotatable bonds is 5. The van der Waals surface area contributed by atoms with Gasteiger partial charge in [0.1, 0.15) is 6.54 Å². The highest BCUT2D eigenvalue weighted by Crippen LogP contribution is 2.10. The maximum Gasteiger partial charge on any atom is 0.334 e. The lowest BCUT2D eigenvalue weighted by molar-refractivity contribution is -0.143. The number of likely N-dealkylation sites (N-methyl/N-ethyl adjacent to an activating group) is 1. The summed E-state index contributed by atoms with van der Waals surface area (Å²) in [5.41, 5.74) is 0. The summed E-state index contributed by atoms with van der Waals surface area (Å²) in [5.74, 6) is -2.89. The fraction of sp³-hybridized carbons (Fsp3) is 0.583. The van der Waals surface area contributed by atoms with E-state index in [1.165, 1.54) is 6.92 Å². The molecular formula is C12H18N4O5. The summed E-state index contributed by atoms with van der Waals surface area (Å²) in [6.45, 7) is 4.52. The van der Waals surface area contributed by atoms with Crippen molar-refractivity contribution in [3.63, 3.8) is 0 Å². The van der Waals surface area contributed by atoms with Crippen molar-refractivity contribution < 1.29 is 24.0 Å². The number of carbonyl (C=O) groups excluding carboxylic acids is 5. The Kier molecular flexibility index (Phi) is 5.39. The standard InChI is InChI=1S/C12H18N4O5/c1-4-7(3)13-11(20)14-8(17)6-16-10(19)9(18)15(5-2)12(16)21/h7H,4-6H2,1-3H3,(H2,13,14,17,20)/t7-/m0/s1. The third-order valence-electron chi connectivity index (χ3n) is 3.00. The highest BCUT2D eigenvalue weighted by atomic mass is 16.2. The van der Waals surface area contributed by atoms with E-state index in [2.05, 4.69) is 5.32 Å². The van der Waals surface area contributed by atoms with Gasteiger partial charge in [0.05, 0.1) is 0 Å². The zero-order valence-electron chi connectivity index (χ0n) is 12.1. The Hall–Kier alpha value is -2.45. The predicted octanol–water partition coefficient (Wildman–Crippen LogP) is -0.579. The predicted molar refractivity (Wildman–Crippen MR) is 70.9 cm³/mol. The molecule has 0 spiro atoms. The van der Waals surface area contributed by atoms with Crippen molar-refractivity contribution in [2.75, 3.05) is 13.1 Å². The first kappa shape index (κ1) is 16.6. The van der Waals surface area contributed by atoms with Gasteiger partial charge in [0.2, 0.25) is 5.91 Å². The third kappa shape index (κ3) is 3.77. The molecule has 116 valence electrons. The van der Waals surface area contributed by atoms with Crippen molar-refractivity contribution in [2.45, 2.75) is 33.2 Å². The van der Waals surface area contributed by atoms with Gasteiger partial charge in [-0.05, 0) is 20.3 Å². The zero-order valence-corrected chi connectivity index (χ0v) is 12.1. The summed E-state index contributed by atoms with van der Waals surface area (Å²) in [4.78, 5) is 59.0. The van der Waals surface area contributed by atoms with E-state index in [1.54, 1.807) is 6.92 Å². The van der Waals surface area contributed by atoms with E-state index >= 15 is 0 Å². The van der Waals surface area contributed by atoms with Crippen LogP contribution in [-0.2, 0) is 14.4 Å². The average Bonchev–Trinajstić information content (AvgIpc) is 2.62. The molecule has 0 bridgehead atoms. The molecule has 0 unspecified atom stereocenters. The fourth-order valence-corrected chi connectivity index (χ4v) is 1.64. The zero-order chi connectivity index (χ0) is 16.2. The summed E-state index contributed by atoms with van der Waals surface area (Å²) in [6.07, 6.45) is 0.685. The molecule has 1 heterocycles. The molecule has 21 heavy (non-hydrogen) atoms.